The minimum absolute atomic E-state index is 0.252. The zero-order valence-corrected chi connectivity index (χ0v) is 14.2. The van der Waals surface area contributed by atoms with Gasteiger partial charge in [-0.05, 0) is 18.4 Å². The second-order valence-electron chi connectivity index (χ2n) is 5.66. The molecule has 5 heteroatoms. The first kappa shape index (κ1) is 18.1. The molecule has 0 saturated carbocycles. The molecule has 0 aliphatic carbocycles. The molecule has 0 aromatic heterocycles. The van der Waals surface area contributed by atoms with Crippen LogP contribution in [0.25, 0.3) is 0 Å². The monoisotopic (exact) mass is 330 g/mol. The zero-order chi connectivity index (χ0) is 17.6. The maximum atomic E-state index is 11.7. The van der Waals surface area contributed by atoms with Gasteiger partial charge < -0.3 is 18.9 Å². The topological polar surface area (TPSA) is 54.0 Å². The molecule has 1 fully saturated rings. The van der Waals surface area contributed by atoms with Crippen molar-refractivity contribution < 1.29 is 23.7 Å². The largest absolute Gasteiger partial charge is 0.466 e. The zero-order valence-electron chi connectivity index (χ0n) is 14.2. The van der Waals surface area contributed by atoms with Crippen molar-refractivity contribution >= 4 is 5.97 Å². The quantitative estimate of drug-likeness (QED) is 0.456. The Morgan fingerprint density at radius 3 is 2.62 bits per heavy atom. The third-order valence-corrected chi connectivity index (χ3v) is 3.99. The summed E-state index contributed by atoms with van der Waals surface area (Å²) < 4.78 is 21.8. The molecule has 1 aromatic rings. The summed E-state index contributed by atoms with van der Waals surface area (Å²) in [5.41, 5.74) is 0.199. The fourth-order valence-electron chi connectivity index (χ4n) is 2.67. The number of terminal acetylenes is 1. The highest BCUT2D eigenvalue weighted by molar-refractivity contribution is 5.82. The van der Waals surface area contributed by atoms with Crippen molar-refractivity contribution in [2.45, 2.75) is 37.8 Å². The van der Waals surface area contributed by atoms with E-state index < -0.39 is 17.5 Å². The standard InChI is InChI=1S/C19H22O5/c1-5-12-19(13-11-15-9-7-6-8-10-15)16(14-17(20)21-3)23-18(2,22-4)24-19/h1,6-10,14H,11-13H2,2-4H3/b16-14+. The molecule has 2 atom stereocenters. The van der Waals surface area contributed by atoms with Gasteiger partial charge in [0.2, 0.25) is 0 Å². The Morgan fingerprint density at radius 1 is 1.33 bits per heavy atom. The summed E-state index contributed by atoms with van der Waals surface area (Å²) in [7, 11) is 2.77. The highest BCUT2D eigenvalue weighted by Crippen LogP contribution is 2.44. The number of esters is 1. The Balaban J connectivity index is 2.33. The van der Waals surface area contributed by atoms with Gasteiger partial charge >= 0.3 is 11.9 Å². The summed E-state index contributed by atoms with van der Waals surface area (Å²) in [6.45, 7) is 1.64. The molecule has 24 heavy (non-hydrogen) atoms. The summed E-state index contributed by atoms with van der Waals surface area (Å²) in [4.78, 5) is 11.7. The SMILES string of the molecule is C#CCC1(CCc2ccccc2)OC(C)(OC)O/C1=C/C(=O)OC. The van der Waals surface area contributed by atoms with E-state index in [9.17, 15) is 4.79 Å². The van der Waals surface area contributed by atoms with Crippen LogP contribution in [0.2, 0.25) is 0 Å². The number of rotatable bonds is 6. The highest BCUT2D eigenvalue weighted by atomic mass is 16.9. The van der Waals surface area contributed by atoms with Gasteiger partial charge in [-0.3, -0.25) is 0 Å². The molecule has 0 N–H and O–H groups in total. The summed E-state index contributed by atoms with van der Waals surface area (Å²) in [6, 6.07) is 9.96. The minimum Gasteiger partial charge on any atom is -0.466 e. The molecule has 0 spiro atoms. The van der Waals surface area contributed by atoms with Crippen LogP contribution in [0.5, 0.6) is 0 Å². The summed E-state index contributed by atoms with van der Waals surface area (Å²) in [6.07, 6.45) is 8.33. The van der Waals surface area contributed by atoms with Crippen LogP contribution in [-0.4, -0.2) is 31.8 Å². The van der Waals surface area contributed by atoms with Crippen LogP contribution >= 0.6 is 0 Å². The summed E-state index contributed by atoms with van der Waals surface area (Å²) >= 11 is 0. The molecule has 1 saturated heterocycles. The van der Waals surface area contributed by atoms with Gasteiger partial charge in [-0.1, -0.05) is 30.3 Å². The molecular formula is C19H22O5. The lowest BCUT2D eigenvalue weighted by Crippen LogP contribution is -2.36. The molecule has 1 aliphatic heterocycles. The van der Waals surface area contributed by atoms with E-state index in [0.29, 0.717) is 18.6 Å². The molecule has 1 aliphatic rings. The Hall–Kier alpha value is -2.29. The summed E-state index contributed by atoms with van der Waals surface area (Å²) in [5.74, 6) is 1.11. The van der Waals surface area contributed by atoms with Crippen molar-refractivity contribution in [3.05, 3.63) is 47.7 Å². The lowest BCUT2D eigenvalue weighted by atomic mass is 9.89. The van der Waals surface area contributed by atoms with Crippen LogP contribution < -0.4 is 0 Å². The van der Waals surface area contributed by atoms with E-state index >= 15 is 0 Å². The molecule has 0 amide bonds. The molecule has 5 nitrogen and oxygen atoms in total. The van der Waals surface area contributed by atoms with Crippen LogP contribution in [-0.2, 0) is 30.2 Å². The molecule has 2 unspecified atom stereocenters. The van der Waals surface area contributed by atoms with E-state index in [1.54, 1.807) is 6.92 Å². The lowest BCUT2D eigenvalue weighted by Gasteiger charge is -2.27. The normalized spacial score (nSPS) is 27.5. The average Bonchev–Trinajstić information content (AvgIpc) is 2.87. The molecule has 0 bridgehead atoms. The Morgan fingerprint density at radius 2 is 2.04 bits per heavy atom. The molecule has 2 rings (SSSR count). The minimum atomic E-state index is -1.30. The van der Waals surface area contributed by atoms with E-state index in [4.69, 9.17) is 25.4 Å². The first-order chi connectivity index (χ1) is 11.5. The van der Waals surface area contributed by atoms with Gasteiger partial charge in [0.15, 0.2) is 0 Å². The molecule has 128 valence electrons. The van der Waals surface area contributed by atoms with E-state index in [1.165, 1.54) is 20.3 Å². The average molecular weight is 330 g/mol. The Kier molecular flexibility index (Phi) is 5.66. The van der Waals surface area contributed by atoms with Crippen LogP contribution in [0, 0.1) is 12.3 Å². The van der Waals surface area contributed by atoms with Gasteiger partial charge in [0.1, 0.15) is 11.4 Å². The van der Waals surface area contributed by atoms with E-state index in [1.807, 2.05) is 30.3 Å². The smallest absolute Gasteiger partial charge is 0.333 e. The van der Waals surface area contributed by atoms with Crippen LogP contribution in [0.4, 0.5) is 0 Å². The van der Waals surface area contributed by atoms with Crippen molar-refractivity contribution in [2.75, 3.05) is 14.2 Å². The first-order valence-corrected chi connectivity index (χ1v) is 7.69. The second kappa shape index (κ2) is 7.52. The Labute approximate surface area is 142 Å². The van der Waals surface area contributed by atoms with Crippen LogP contribution in [0.15, 0.2) is 42.2 Å². The van der Waals surface area contributed by atoms with Crippen molar-refractivity contribution in [2.24, 2.45) is 0 Å². The number of carbonyl (C=O) groups is 1. The predicted octanol–water partition coefficient (Wildman–Crippen LogP) is 2.81. The van der Waals surface area contributed by atoms with Gasteiger partial charge in [-0.15, -0.1) is 12.3 Å². The molecular weight excluding hydrogens is 308 g/mol. The lowest BCUT2D eigenvalue weighted by molar-refractivity contribution is -0.321. The maximum Gasteiger partial charge on any atom is 0.333 e. The Bertz CT molecular complexity index is 645. The van der Waals surface area contributed by atoms with Crippen molar-refractivity contribution in [1.82, 2.24) is 0 Å². The van der Waals surface area contributed by atoms with Gasteiger partial charge in [0.05, 0.1) is 13.2 Å². The fraction of sp³-hybridized carbons (Fsp3) is 0.421. The maximum absolute atomic E-state index is 11.7. The van der Waals surface area contributed by atoms with Gasteiger partial charge in [0.25, 0.3) is 0 Å². The van der Waals surface area contributed by atoms with Gasteiger partial charge in [-0.2, -0.15) is 0 Å². The first-order valence-electron chi connectivity index (χ1n) is 7.69. The van der Waals surface area contributed by atoms with Gasteiger partial charge in [-0.25, -0.2) is 4.79 Å². The van der Waals surface area contributed by atoms with E-state index in [-0.39, 0.29) is 6.42 Å². The third kappa shape index (κ3) is 3.97. The van der Waals surface area contributed by atoms with Crippen LogP contribution in [0.3, 0.4) is 0 Å². The predicted molar refractivity (Wildman–Crippen MR) is 88.6 cm³/mol. The van der Waals surface area contributed by atoms with Gasteiger partial charge in [0, 0.05) is 20.5 Å². The fourth-order valence-corrected chi connectivity index (χ4v) is 2.67. The number of benzene rings is 1. The van der Waals surface area contributed by atoms with Crippen molar-refractivity contribution in [3.8, 4) is 12.3 Å². The number of hydrogen-bond acceptors (Lipinski definition) is 5. The van der Waals surface area contributed by atoms with E-state index in [0.717, 1.165) is 5.56 Å². The van der Waals surface area contributed by atoms with Crippen LogP contribution in [0.1, 0.15) is 25.3 Å². The second-order valence-corrected chi connectivity index (χ2v) is 5.66. The number of hydrogen-bond donors (Lipinski definition) is 0. The number of aryl methyl sites for hydroxylation is 1. The highest BCUT2D eigenvalue weighted by Gasteiger charge is 2.53. The molecule has 1 heterocycles. The van der Waals surface area contributed by atoms with E-state index in [2.05, 4.69) is 5.92 Å². The third-order valence-electron chi connectivity index (χ3n) is 3.99. The number of methoxy groups -OCH3 is 2. The molecule has 0 radical (unpaired) electrons. The molecule has 1 aromatic carbocycles. The number of ether oxygens (including phenoxy) is 4. The van der Waals surface area contributed by atoms with Crippen molar-refractivity contribution in [3.63, 3.8) is 0 Å². The number of carbonyl (C=O) groups excluding carboxylic acids is 1. The van der Waals surface area contributed by atoms with Crippen molar-refractivity contribution in [1.29, 1.82) is 0 Å². The summed E-state index contributed by atoms with van der Waals surface area (Å²) in [5, 5.41) is 0.